The largest absolute Gasteiger partial charge is 0.494 e. The number of carbonyl (C=O) groups excluding carboxylic acids is 1. The van der Waals surface area contributed by atoms with E-state index in [1.54, 1.807) is 18.2 Å². The maximum Gasteiger partial charge on any atom is 0.269 e. The molecule has 1 rings (SSSR count). The molecule has 70 valence electrons. The molecule has 0 saturated heterocycles. The Labute approximate surface area is 75.6 Å². The molecule has 1 amide bonds. The molecule has 0 fully saturated rings. The molecule has 1 aromatic carbocycles. The number of rotatable bonds is 2. The number of nitrogens with one attached hydrogen (secondary N) is 1. The van der Waals surface area contributed by atoms with Gasteiger partial charge in [-0.2, -0.15) is 0 Å². The number of para-hydroxylation sites is 1. The van der Waals surface area contributed by atoms with E-state index in [1.807, 2.05) is 5.43 Å². The van der Waals surface area contributed by atoms with Crippen LogP contribution in [0.15, 0.2) is 18.2 Å². The number of benzene rings is 1. The Kier molecular flexibility index (Phi) is 2.71. The highest BCUT2D eigenvalue weighted by Crippen LogP contribution is 2.25. The zero-order valence-corrected chi connectivity index (χ0v) is 7.20. The van der Waals surface area contributed by atoms with Crippen LogP contribution in [0, 0.1) is 0 Å². The number of anilines is 1. The van der Waals surface area contributed by atoms with E-state index in [0.29, 0.717) is 17.0 Å². The van der Waals surface area contributed by atoms with Gasteiger partial charge in [-0.3, -0.25) is 10.2 Å². The smallest absolute Gasteiger partial charge is 0.269 e. The summed E-state index contributed by atoms with van der Waals surface area (Å²) >= 11 is 0. The zero-order valence-electron chi connectivity index (χ0n) is 7.20. The number of hydrogen-bond donors (Lipinski definition) is 3. The van der Waals surface area contributed by atoms with Crippen LogP contribution in [0.4, 0.5) is 5.69 Å². The third-order valence-electron chi connectivity index (χ3n) is 1.63. The summed E-state index contributed by atoms with van der Waals surface area (Å²) in [6, 6.07) is 4.88. The molecular formula is C8H11N3O2. The monoisotopic (exact) mass is 181 g/mol. The minimum absolute atomic E-state index is 0.324. The van der Waals surface area contributed by atoms with Crippen LogP contribution in [0.5, 0.6) is 5.75 Å². The van der Waals surface area contributed by atoms with E-state index in [2.05, 4.69) is 0 Å². The van der Waals surface area contributed by atoms with Crippen molar-refractivity contribution in [3.63, 3.8) is 0 Å². The topological polar surface area (TPSA) is 90.4 Å². The molecule has 0 heterocycles. The number of nitrogens with two attached hydrogens (primary N) is 2. The number of hydrogen-bond acceptors (Lipinski definition) is 4. The van der Waals surface area contributed by atoms with Crippen LogP contribution in [-0.4, -0.2) is 13.0 Å². The van der Waals surface area contributed by atoms with E-state index in [0.717, 1.165) is 0 Å². The fourth-order valence-electron chi connectivity index (χ4n) is 1.04. The minimum atomic E-state index is -0.427. The molecule has 0 atom stereocenters. The Morgan fingerprint density at radius 1 is 1.54 bits per heavy atom. The Balaban J connectivity index is 3.20. The van der Waals surface area contributed by atoms with Crippen molar-refractivity contribution in [3.05, 3.63) is 23.8 Å². The van der Waals surface area contributed by atoms with Crippen LogP contribution in [0.3, 0.4) is 0 Å². The van der Waals surface area contributed by atoms with Gasteiger partial charge in [-0.15, -0.1) is 0 Å². The molecule has 0 aliphatic carbocycles. The van der Waals surface area contributed by atoms with Gasteiger partial charge in [0.25, 0.3) is 5.91 Å². The molecule has 0 aliphatic rings. The minimum Gasteiger partial charge on any atom is -0.494 e. The highest BCUT2D eigenvalue weighted by atomic mass is 16.5. The van der Waals surface area contributed by atoms with Crippen LogP contribution in [0.25, 0.3) is 0 Å². The average molecular weight is 181 g/mol. The van der Waals surface area contributed by atoms with Gasteiger partial charge in [0.15, 0.2) is 5.75 Å². The molecule has 5 nitrogen and oxygen atoms in total. The van der Waals surface area contributed by atoms with E-state index < -0.39 is 5.91 Å². The molecule has 1 aromatic rings. The predicted octanol–water partition coefficient (Wildman–Crippen LogP) is -0.119. The van der Waals surface area contributed by atoms with Gasteiger partial charge in [-0.1, -0.05) is 6.07 Å². The van der Waals surface area contributed by atoms with Crippen molar-refractivity contribution in [2.45, 2.75) is 0 Å². The van der Waals surface area contributed by atoms with Crippen molar-refractivity contribution in [2.24, 2.45) is 5.84 Å². The lowest BCUT2D eigenvalue weighted by Crippen LogP contribution is -2.30. The van der Waals surface area contributed by atoms with Crippen molar-refractivity contribution < 1.29 is 9.53 Å². The summed E-state index contributed by atoms with van der Waals surface area (Å²) in [6.45, 7) is 0. The zero-order chi connectivity index (χ0) is 9.84. The maximum absolute atomic E-state index is 11.2. The summed E-state index contributed by atoms with van der Waals surface area (Å²) in [7, 11) is 1.44. The lowest BCUT2D eigenvalue weighted by atomic mass is 10.1. The second-order valence-corrected chi connectivity index (χ2v) is 2.40. The summed E-state index contributed by atoms with van der Waals surface area (Å²) in [6.07, 6.45) is 0. The van der Waals surface area contributed by atoms with Gasteiger partial charge in [-0.25, -0.2) is 5.84 Å². The number of ether oxygens (including phenoxy) is 1. The highest BCUT2D eigenvalue weighted by molar-refractivity contribution is 5.98. The summed E-state index contributed by atoms with van der Waals surface area (Å²) in [5.74, 6) is 4.89. The second kappa shape index (κ2) is 3.77. The fraction of sp³-hybridized carbons (Fsp3) is 0.125. The van der Waals surface area contributed by atoms with Crippen LogP contribution in [0.1, 0.15) is 10.4 Å². The third kappa shape index (κ3) is 1.70. The Morgan fingerprint density at radius 2 is 2.23 bits per heavy atom. The van der Waals surface area contributed by atoms with E-state index in [9.17, 15) is 4.79 Å². The van der Waals surface area contributed by atoms with E-state index in [-0.39, 0.29) is 0 Å². The van der Waals surface area contributed by atoms with Gasteiger partial charge in [0.1, 0.15) is 0 Å². The number of nitrogen functional groups attached to an aromatic ring is 2. The number of carbonyl (C=O) groups is 1. The van der Waals surface area contributed by atoms with Crippen LogP contribution in [0.2, 0.25) is 0 Å². The molecule has 13 heavy (non-hydrogen) atoms. The maximum atomic E-state index is 11.2. The Hall–Kier alpha value is -1.75. The summed E-state index contributed by atoms with van der Waals surface area (Å²) in [5.41, 5.74) is 8.32. The van der Waals surface area contributed by atoms with Crippen LogP contribution < -0.4 is 21.7 Å². The molecule has 0 aromatic heterocycles. The first-order chi connectivity index (χ1) is 6.20. The predicted molar refractivity (Wildman–Crippen MR) is 49.1 cm³/mol. The molecule has 0 aliphatic heterocycles. The third-order valence-corrected chi connectivity index (χ3v) is 1.63. The van der Waals surface area contributed by atoms with Crippen molar-refractivity contribution >= 4 is 11.6 Å². The van der Waals surface area contributed by atoms with Gasteiger partial charge in [0.05, 0.1) is 18.4 Å². The van der Waals surface area contributed by atoms with Gasteiger partial charge in [0, 0.05) is 0 Å². The highest BCUT2D eigenvalue weighted by Gasteiger charge is 2.12. The van der Waals surface area contributed by atoms with Gasteiger partial charge < -0.3 is 10.5 Å². The standard InChI is InChI=1S/C8H11N3O2/c1-13-7-5(8(12)11-10)3-2-4-6(7)9/h2-4H,9-10H2,1H3,(H,11,12). The van der Waals surface area contributed by atoms with Crippen molar-refractivity contribution in [1.29, 1.82) is 0 Å². The van der Waals surface area contributed by atoms with Crippen molar-refractivity contribution in [1.82, 2.24) is 5.43 Å². The van der Waals surface area contributed by atoms with Crippen molar-refractivity contribution in [3.8, 4) is 5.75 Å². The first-order valence-corrected chi connectivity index (χ1v) is 3.64. The van der Waals surface area contributed by atoms with Crippen LogP contribution >= 0.6 is 0 Å². The fourth-order valence-corrected chi connectivity index (χ4v) is 1.04. The Morgan fingerprint density at radius 3 is 2.77 bits per heavy atom. The second-order valence-electron chi connectivity index (χ2n) is 2.40. The van der Waals surface area contributed by atoms with E-state index in [4.69, 9.17) is 16.3 Å². The van der Waals surface area contributed by atoms with Gasteiger partial charge >= 0.3 is 0 Å². The molecule has 0 spiro atoms. The summed E-state index contributed by atoms with van der Waals surface area (Å²) in [5, 5.41) is 0. The van der Waals surface area contributed by atoms with Gasteiger partial charge in [0.2, 0.25) is 0 Å². The number of amides is 1. The lowest BCUT2D eigenvalue weighted by molar-refractivity contribution is 0.0950. The normalized spacial score (nSPS) is 9.38. The molecular weight excluding hydrogens is 170 g/mol. The SMILES string of the molecule is COc1c(N)cccc1C(=O)NN. The van der Waals surface area contributed by atoms with E-state index in [1.165, 1.54) is 7.11 Å². The molecule has 0 unspecified atom stereocenters. The first-order valence-electron chi connectivity index (χ1n) is 3.64. The van der Waals surface area contributed by atoms with Gasteiger partial charge in [-0.05, 0) is 12.1 Å². The quantitative estimate of drug-likeness (QED) is 0.257. The van der Waals surface area contributed by atoms with E-state index >= 15 is 0 Å². The van der Waals surface area contributed by atoms with Crippen LogP contribution in [-0.2, 0) is 0 Å². The number of hydrazine groups is 1. The lowest BCUT2D eigenvalue weighted by Gasteiger charge is -2.08. The first kappa shape index (κ1) is 9.34. The molecule has 0 bridgehead atoms. The molecule has 0 saturated carbocycles. The summed E-state index contributed by atoms with van der Waals surface area (Å²) < 4.78 is 4.96. The molecule has 0 radical (unpaired) electrons. The average Bonchev–Trinajstić information content (AvgIpc) is 2.16. The number of methoxy groups -OCH3 is 1. The summed E-state index contributed by atoms with van der Waals surface area (Å²) in [4.78, 5) is 11.2. The molecule has 5 heteroatoms. The Bertz CT molecular complexity index is 325. The molecule has 5 N–H and O–H groups in total. The van der Waals surface area contributed by atoms with Crippen molar-refractivity contribution in [2.75, 3.05) is 12.8 Å².